The van der Waals surface area contributed by atoms with Crippen molar-refractivity contribution >= 4 is 21.7 Å². The molecule has 1 N–H and O–H groups in total. The van der Waals surface area contributed by atoms with E-state index >= 15 is 0 Å². The van der Waals surface area contributed by atoms with Crippen LogP contribution in [0, 0.1) is 0 Å². The molecule has 1 saturated carbocycles. The second-order valence-electron chi connectivity index (χ2n) is 9.61. The Balaban J connectivity index is 1.23. The number of sulfone groups is 1. The van der Waals surface area contributed by atoms with Crippen LogP contribution in [0.5, 0.6) is 0 Å². The van der Waals surface area contributed by atoms with Gasteiger partial charge in [0.1, 0.15) is 0 Å². The highest BCUT2D eigenvalue weighted by Gasteiger charge is 2.39. The Morgan fingerprint density at radius 1 is 0.909 bits per heavy atom. The number of rotatable bonds is 8. The van der Waals surface area contributed by atoms with E-state index in [2.05, 4.69) is 15.1 Å². The predicted molar refractivity (Wildman–Crippen MR) is 127 cm³/mol. The molecule has 2 aliphatic heterocycles. The van der Waals surface area contributed by atoms with Crippen molar-refractivity contribution in [2.75, 3.05) is 50.8 Å². The van der Waals surface area contributed by atoms with Gasteiger partial charge in [0, 0.05) is 44.8 Å². The molecule has 4 rings (SSSR count). The van der Waals surface area contributed by atoms with E-state index in [-0.39, 0.29) is 35.4 Å². The van der Waals surface area contributed by atoms with Crippen LogP contribution in [0.25, 0.3) is 0 Å². The average molecular weight is 477 g/mol. The maximum absolute atomic E-state index is 13.3. The molecule has 0 radical (unpaired) electrons. The van der Waals surface area contributed by atoms with E-state index in [9.17, 15) is 18.0 Å². The van der Waals surface area contributed by atoms with Gasteiger partial charge in [-0.25, -0.2) is 8.42 Å². The summed E-state index contributed by atoms with van der Waals surface area (Å²) in [5.41, 5.74) is 1.08. The Bertz CT molecular complexity index is 910. The molecule has 2 amide bonds. The monoisotopic (exact) mass is 476 g/mol. The molecule has 3 aliphatic rings. The second kappa shape index (κ2) is 11.0. The van der Waals surface area contributed by atoms with Gasteiger partial charge in [0.25, 0.3) is 0 Å². The lowest BCUT2D eigenvalue weighted by Gasteiger charge is -2.38. The fraction of sp³-hybridized carbons (Fsp3) is 0.667. The molecule has 1 aromatic rings. The molecule has 9 heteroatoms. The normalized spacial score (nSPS) is 24.1. The zero-order chi connectivity index (χ0) is 23.3. The van der Waals surface area contributed by atoms with Crippen molar-refractivity contribution in [3.05, 3.63) is 35.9 Å². The molecule has 0 spiro atoms. The summed E-state index contributed by atoms with van der Waals surface area (Å²) >= 11 is 0. The van der Waals surface area contributed by atoms with E-state index in [1.54, 1.807) is 0 Å². The van der Waals surface area contributed by atoms with Gasteiger partial charge < -0.3 is 10.2 Å². The van der Waals surface area contributed by atoms with Gasteiger partial charge >= 0.3 is 0 Å². The fourth-order valence-corrected chi connectivity index (χ4v) is 7.03. The topological polar surface area (TPSA) is 90.0 Å². The first kappa shape index (κ1) is 24.2. The van der Waals surface area contributed by atoms with Gasteiger partial charge in [0.2, 0.25) is 11.8 Å². The van der Waals surface area contributed by atoms with Crippen LogP contribution in [-0.4, -0.2) is 97.8 Å². The van der Waals surface area contributed by atoms with Crippen LogP contribution in [0.2, 0.25) is 0 Å². The molecular formula is C24H36N4O4S. The van der Waals surface area contributed by atoms with E-state index in [0.29, 0.717) is 26.1 Å². The predicted octanol–water partition coefficient (Wildman–Crippen LogP) is 0.879. The average Bonchev–Trinajstić information content (AvgIpc) is 3.44. The summed E-state index contributed by atoms with van der Waals surface area (Å²) in [7, 11) is -3.03. The molecule has 33 heavy (non-hydrogen) atoms. The van der Waals surface area contributed by atoms with Gasteiger partial charge in [0.05, 0.1) is 24.6 Å². The van der Waals surface area contributed by atoms with Crippen LogP contribution in [0.15, 0.2) is 30.3 Å². The number of hydrogen-bond donors (Lipinski definition) is 1. The van der Waals surface area contributed by atoms with Crippen LogP contribution < -0.4 is 5.32 Å². The first-order chi connectivity index (χ1) is 15.9. The Labute approximate surface area is 197 Å². The highest BCUT2D eigenvalue weighted by molar-refractivity contribution is 7.91. The Hall–Kier alpha value is -1.97. The zero-order valence-corrected chi connectivity index (χ0v) is 20.1. The number of nitrogens with one attached hydrogen (secondary N) is 1. The van der Waals surface area contributed by atoms with Gasteiger partial charge in [-0.05, 0) is 24.8 Å². The largest absolute Gasteiger partial charge is 0.351 e. The number of hydrogen-bond acceptors (Lipinski definition) is 6. The van der Waals surface area contributed by atoms with Crippen molar-refractivity contribution < 1.29 is 18.0 Å². The molecule has 2 saturated heterocycles. The number of benzene rings is 1. The van der Waals surface area contributed by atoms with Crippen molar-refractivity contribution in [3.8, 4) is 0 Å². The van der Waals surface area contributed by atoms with E-state index in [0.717, 1.165) is 57.4 Å². The number of amides is 2. The van der Waals surface area contributed by atoms with Crippen molar-refractivity contribution in [1.29, 1.82) is 0 Å². The molecule has 3 fully saturated rings. The lowest BCUT2D eigenvalue weighted by Crippen LogP contribution is -2.54. The SMILES string of the molecule is O=C(CN1CCN(CC(=O)N(C2CCCC2)C2CCS(=O)(=O)C2)CC1)NCc1ccccc1. The summed E-state index contributed by atoms with van der Waals surface area (Å²) in [6.45, 7) is 4.19. The number of nitrogens with zero attached hydrogens (tertiary/aromatic N) is 3. The lowest BCUT2D eigenvalue weighted by molar-refractivity contribution is -0.137. The number of carbonyl (C=O) groups excluding carboxylic acids is 2. The standard InChI is InChI=1S/C24H36N4O4S/c29-23(25-16-20-6-2-1-3-7-20)17-26-11-13-27(14-12-26)18-24(30)28(21-8-4-5-9-21)22-10-15-33(31,32)19-22/h1-3,6-7,21-22H,4-5,8-19H2,(H,25,29). The highest BCUT2D eigenvalue weighted by atomic mass is 32.2. The molecule has 2 heterocycles. The first-order valence-electron chi connectivity index (χ1n) is 12.2. The van der Waals surface area contributed by atoms with Gasteiger partial charge in [-0.1, -0.05) is 43.2 Å². The smallest absolute Gasteiger partial charge is 0.237 e. The maximum atomic E-state index is 13.3. The fourth-order valence-electron chi connectivity index (χ4n) is 5.32. The Morgan fingerprint density at radius 2 is 1.55 bits per heavy atom. The minimum Gasteiger partial charge on any atom is -0.351 e. The molecular weight excluding hydrogens is 440 g/mol. The third-order valence-corrected chi connectivity index (χ3v) is 8.88. The van der Waals surface area contributed by atoms with Crippen molar-refractivity contribution in [1.82, 2.24) is 20.0 Å². The summed E-state index contributed by atoms with van der Waals surface area (Å²) in [6, 6.07) is 9.88. The summed E-state index contributed by atoms with van der Waals surface area (Å²) in [5, 5.41) is 2.97. The maximum Gasteiger partial charge on any atom is 0.237 e. The van der Waals surface area contributed by atoms with Crippen LogP contribution in [0.3, 0.4) is 0 Å². The summed E-state index contributed by atoms with van der Waals surface area (Å²) in [4.78, 5) is 31.8. The lowest BCUT2D eigenvalue weighted by atomic mass is 10.1. The molecule has 0 aromatic heterocycles. The van der Waals surface area contributed by atoms with Crippen molar-refractivity contribution in [2.45, 2.75) is 50.7 Å². The van der Waals surface area contributed by atoms with E-state index in [1.807, 2.05) is 35.2 Å². The first-order valence-corrected chi connectivity index (χ1v) is 14.0. The molecule has 0 bridgehead atoms. The summed E-state index contributed by atoms with van der Waals surface area (Å²) in [6.07, 6.45) is 4.75. The quantitative estimate of drug-likeness (QED) is 0.599. The number of carbonyl (C=O) groups is 2. The minimum atomic E-state index is -3.03. The summed E-state index contributed by atoms with van der Waals surface area (Å²) < 4.78 is 24.1. The molecule has 1 aliphatic carbocycles. The van der Waals surface area contributed by atoms with Crippen LogP contribution >= 0.6 is 0 Å². The molecule has 8 nitrogen and oxygen atoms in total. The van der Waals surface area contributed by atoms with Crippen LogP contribution in [0.4, 0.5) is 0 Å². The molecule has 182 valence electrons. The van der Waals surface area contributed by atoms with Crippen molar-refractivity contribution in [2.24, 2.45) is 0 Å². The second-order valence-corrected chi connectivity index (χ2v) is 11.8. The Kier molecular flexibility index (Phi) is 8.03. The van der Waals surface area contributed by atoms with E-state index in [4.69, 9.17) is 0 Å². The minimum absolute atomic E-state index is 0.0123. The van der Waals surface area contributed by atoms with Gasteiger partial charge in [-0.3, -0.25) is 19.4 Å². The van der Waals surface area contributed by atoms with E-state index in [1.165, 1.54) is 0 Å². The van der Waals surface area contributed by atoms with Crippen LogP contribution in [-0.2, 0) is 26.0 Å². The van der Waals surface area contributed by atoms with Crippen LogP contribution in [0.1, 0.15) is 37.7 Å². The van der Waals surface area contributed by atoms with Gasteiger partial charge in [-0.2, -0.15) is 0 Å². The molecule has 1 unspecified atom stereocenters. The van der Waals surface area contributed by atoms with Gasteiger partial charge in [0.15, 0.2) is 9.84 Å². The van der Waals surface area contributed by atoms with Crippen molar-refractivity contribution in [3.63, 3.8) is 0 Å². The summed E-state index contributed by atoms with van der Waals surface area (Å²) in [5.74, 6) is 0.386. The van der Waals surface area contributed by atoms with E-state index < -0.39 is 9.84 Å². The van der Waals surface area contributed by atoms with Gasteiger partial charge in [-0.15, -0.1) is 0 Å². The highest BCUT2D eigenvalue weighted by Crippen LogP contribution is 2.29. The Morgan fingerprint density at radius 3 is 2.15 bits per heavy atom. The third kappa shape index (κ3) is 6.77. The molecule has 1 aromatic carbocycles. The third-order valence-electron chi connectivity index (χ3n) is 7.13. The number of piperazine rings is 1. The molecule has 1 atom stereocenters. The zero-order valence-electron chi connectivity index (χ0n) is 19.3.